The largest absolute Gasteiger partial charge is 0.365 e. The smallest absolute Gasteiger partial charge is 0.0922 e. The zero-order valence-corrected chi connectivity index (χ0v) is 31.3. The molecule has 0 spiro atoms. The van der Waals surface area contributed by atoms with Gasteiger partial charge < -0.3 is 19.9 Å². The Labute approximate surface area is 321 Å². The summed E-state index contributed by atoms with van der Waals surface area (Å²) in [6.07, 6.45) is 10.2. The molecule has 1 aliphatic rings. The van der Waals surface area contributed by atoms with Gasteiger partial charge in [-0.1, -0.05) is 34.1 Å². The number of aromatic nitrogens is 4. The molecule has 0 saturated heterocycles. The predicted octanol–water partition coefficient (Wildman–Crippen LogP) is 3.34. The lowest BCUT2D eigenvalue weighted by atomic mass is 8.56. The molecule has 3 aromatic carbocycles. The van der Waals surface area contributed by atoms with Gasteiger partial charge in [0.05, 0.1) is 18.6 Å². The van der Waals surface area contributed by atoms with Crippen molar-refractivity contribution >= 4 is 145 Å². The molecular weight excluding hydrogens is 709 g/mol. The molecule has 0 bridgehead atoms. The minimum Gasteiger partial charge on any atom is -0.365 e. The first kappa shape index (κ1) is 40.2. The zero-order chi connectivity index (χ0) is 36.2. The lowest BCUT2D eigenvalue weighted by Crippen LogP contribution is -2.63. The number of hydrogen-bond acceptors (Lipinski definition) is 4. The van der Waals surface area contributed by atoms with Crippen LogP contribution in [0.2, 0.25) is 0 Å². The van der Waals surface area contributed by atoms with Crippen molar-refractivity contribution in [1.29, 1.82) is 0 Å². The van der Waals surface area contributed by atoms with E-state index in [-0.39, 0.29) is 6.39 Å². The molecule has 233 valence electrons. The summed E-state index contributed by atoms with van der Waals surface area (Å²) in [6.45, 7) is 1.83. The van der Waals surface area contributed by atoms with Crippen LogP contribution in [0, 0.1) is 0 Å². The van der Waals surface area contributed by atoms with Crippen molar-refractivity contribution in [3.63, 3.8) is 0 Å². The molecule has 7 rings (SSSR count). The van der Waals surface area contributed by atoms with Crippen LogP contribution in [0.4, 0.5) is 5.69 Å². The van der Waals surface area contributed by atoms with Crippen molar-refractivity contribution in [2.45, 2.75) is 22.8 Å². The summed E-state index contributed by atoms with van der Waals surface area (Å²) in [4.78, 5) is 18.0. The molecule has 1 atom stereocenters. The first-order valence-electron chi connectivity index (χ1n) is 15.9. The van der Waals surface area contributed by atoms with Crippen molar-refractivity contribution in [3.8, 4) is 0 Å². The lowest BCUT2D eigenvalue weighted by molar-refractivity contribution is 0.687. The average molecular weight is 740 g/mol. The molecule has 3 N–H and O–H groups in total. The molecule has 1 unspecified atom stereocenters. The summed E-state index contributed by atoms with van der Waals surface area (Å²) in [5.41, 5.74) is 6.04. The fourth-order valence-corrected chi connectivity index (χ4v) is 6.76. The number of benzene rings is 3. The molecule has 20 heteroatoms. The number of anilines is 1. The number of imidazole rings is 1. The third-order valence-corrected chi connectivity index (χ3v) is 10.3. The Bertz CT molecular complexity index is 1940. The van der Waals surface area contributed by atoms with Crippen LogP contribution < -0.4 is 4.90 Å². The summed E-state index contributed by atoms with van der Waals surface area (Å²) in [5, 5.41) is 2.53. The summed E-state index contributed by atoms with van der Waals surface area (Å²) in [5.74, 6) is 0. The number of rotatable bonds is 8. The van der Waals surface area contributed by atoms with Gasteiger partial charge in [-0.05, 0) is 77.5 Å². The molecule has 50 heavy (non-hydrogen) atoms. The summed E-state index contributed by atoms with van der Waals surface area (Å²) >= 11 is 5.16. The average Bonchev–Trinajstić information content (AvgIpc) is 3.93. The third-order valence-electron chi connectivity index (χ3n) is 8.13. The van der Waals surface area contributed by atoms with Crippen LogP contribution in [0.1, 0.15) is 11.3 Å². The monoisotopic (exact) mass is 740 g/mol. The van der Waals surface area contributed by atoms with Gasteiger partial charge in [0.25, 0.3) is 0 Å². The number of H-pyrrole nitrogens is 3. The van der Waals surface area contributed by atoms with E-state index in [0.717, 1.165) is 34.6 Å². The Hall–Kier alpha value is -2.56. The maximum atomic E-state index is 11.5. The molecule has 6 nitrogen and oxygen atoms in total. The van der Waals surface area contributed by atoms with Crippen molar-refractivity contribution in [2.24, 2.45) is 0 Å². The number of nitrogens with one attached hydrogen (secondary N) is 3. The van der Waals surface area contributed by atoms with Gasteiger partial charge in [-0.25, -0.2) is 4.98 Å². The SMILES string of the molecule is Brc1ccc2cc[nH]c2c1.CS(=O)c1ccc2c(c1)N(Cc1cnc[nH]1)CC2.CSc1ccc2cc[nH]c2c1.[B][B]B([B])B(B([B])[B])B([B])[B]. The molecule has 0 fully saturated rings. The molecule has 0 amide bonds. The van der Waals surface area contributed by atoms with Gasteiger partial charge in [-0.15, -0.1) is 11.8 Å². The Morgan fingerprint density at radius 1 is 0.920 bits per heavy atom. The highest BCUT2D eigenvalue weighted by Crippen LogP contribution is 2.31. The van der Waals surface area contributed by atoms with Crippen LogP contribution in [0.15, 0.2) is 106 Å². The van der Waals surface area contributed by atoms with Gasteiger partial charge in [-0.2, -0.15) is 0 Å². The zero-order valence-electron chi connectivity index (χ0n) is 28.1. The Kier molecular flexibility index (Phi) is 16.0. The maximum Gasteiger partial charge on any atom is 0.0922 e. The summed E-state index contributed by atoms with van der Waals surface area (Å²) < 4.78 is 12.7. The Morgan fingerprint density at radius 3 is 2.14 bits per heavy atom. The van der Waals surface area contributed by atoms with Crippen LogP contribution in [0.3, 0.4) is 0 Å². The van der Waals surface area contributed by atoms with Gasteiger partial charge in [-0.3, -0.25) is 4.21 Å². The van der Waals surface area contributed by atoms with Crippen LogP contribution in [-0.4, -0.2) is 122 Å². The summed E-state index contributed by atoms with van der Waals surface area (Å²) in [6, 6.07) is 22.9. The van der Waals surface area contributed by atoms with Crippen molar-refractivity contribution in [1.82, 2.24) is 19.9 Å². The first-order valence-corrected chi connectivity index (χ1v) is 19.4. The van der Waals surface area contributed by atoms with Gasteiger partial charge in [0.2, 0.25) is 0 Å². The second-order valence-corrected chi connectivity index (χ2v) is 14.8. The van der Waals surface area contributed by atoms with Gasteiger partial charge in [0.15, 0.2) is 0 Å². The van der Waals surface area contributed by atoms with Crippen LogP contribution in [0.25, 0.3) is 21.8 Å². The number of nitrogens with zero attached hydrogens (tertiary/aromatic N) is 2. The topological polar surface area (TPSA) is 80.6 Å². The first-order chi connectivity index (χ1) is 24.0. The van der Waals surface area contributed by atoms with E-state index >= 15 is 0 Å². The van der Waals surface area contributed by atoms with Crippen molar-refractivity contribution < 1.29 is 4.21 Å². The normalized spacial score (nSPS) is 11.9. The molecule has 6 aromatic rings. The number of fused-ring (bicyclic) bond motifs is 3. The van der Waals surface area contributed by atoms with Gasteiger partial charge in [0, 0.05) is 152 Å². The van der Waals surface area contributed by atoms with E-state index in [0.29, 0.717) is 0 Å². The van der Waals surface area contributed by atoms with Crippen molar-refractivity contribution in [3.05, 3.63) is 107 Å². The quantitative estimate of drug-likeness (QED) is 0.166. The molecule has 0 aliphatic carbocycles. The van der Waals surface area contributed by atoms with E-state index in [1.165, 1.54) is 45.0 Å². The molecule has 4 heterocycles. The fourth-order valence-electron chi connectivity index (χ4n) is 5.42. The van der Waals surface area contributed by atoms with Crippen LogP contribution >= 0.6 is 27.7 Å². The number of aromatic amines is 3. The maximum absolute atomic E-state index is 11.5. The number of thioether (sulfide) groups is 1. The minimum atomic E-state index is -0.922. The van der Waals surface area contributed by atoms with Gasteiger partial charge >= 0.3 is 0 Å². The molecular formula is C30H30B11BrN5OS2. The highest BCUT2D eigenvalue weighted by atomic mass is 79.9. The highest BCUT2D eigenvalue weighted by molar-refractivity contribution is 9.10. The molecule has 3 aromatic heterocycles. The fraction of sp³-hybridized carbons (Fsp3) is 0.167. The second kappa shape index (κ2) is 19.9. The lowest BCUT2D eigenvalue weighted by Gasteiger charge is -2.25. The standard InChI is InChI=1S/C13H15N3OS.C9H9NS.C8H6BrN.B11/c1-18(17)12-3-2-10-4-5-16(13(10)6-12)8-11-7-14-9-15-11;1-11-8-3-2-7-4-5-10-9(7)6-8;9-7-2-1-6-3-4-10-8(6)5-7;1-7-10(6)11(8(2)3)9(4)5/h2-3,6-7,9H,4-5,8H2,1H3,(H,14,15);2-6,10H,1H3;1-5,10H;. The van der Waals surface area contributed by atoms with E-state index < -0.39 is 30.0 Å². The highest BCUT2D eigenvalue weighted by Gasteiger charge is 2.26. The minimum absolute atomic E-state index is 0.389. The number of hydrogen-bond donors (Lipinski definition) is 3. The van der Waals surface area contributed by atoms with Crippen LogP contribution in [-0.2, 0) is 23.8 Å². The summed E-state index contributed by atoms with van der Waals surface area (Å²) in [7, 11) is 32.6. The van der Waals surface area contributed by atoms with E-state index in [1.807, 2.05) is 30.7 Å². The number of halogens is 1. The van der Waals surface area contributed by atoms with E-state index in [9.17, 15) is 4.21 Å². The Balaban J connectivity index is 0.000000155. The van der Waals surface area contributed by atoms with Gasteiger partial charge in [0.1, 0.15) is 0 Å². The molecule has 0 saturated carbocycles. The van der Waals surface area contributed by atoms with Crippen molar-refractivity contribution in [2.75, 3.05) is 24.0 Å². The predicted molar refractivity (Wildman–Crippen MR) is 231 cm³/mol. The van der Waals surface area contributed by atoms with E-state index in [2.05, 4.69) is 102 Å². The Morgan fingerprint density at radius 2 is 1.58 bits per heavy atom. The molecule has 1 aliphatic heterocycles. The second-order valence-electron chi connectivity index (χ2n) is 11.6. The third kappa shape index (κ3) is 11.5. The van der Waals surface area contributed by atoms with Crippen LogP contribution in [0.5, 0.6) is 0 Å². The van der Waals surface area contributed by atoms with E-state index in [4.69, 9.17) is 46.4 Å². The van der Waals surface area contributed by atoms with E-state index in [1.54, 1.807) is 24.3 Å². The molecule has 13 radical (unpaired) electrons.